The van der Waals surface area contributed by atoms with E-state index in [0.29, 0.717) is 21.3 Å². The summed E-state index contributed by atoms with van der Waals surface area (Å²) in [5, 5.41) is 5.52. The van der Waals surface area contributed by atoms with Gasteiger partial charge in [-0.1, -0.05) is 41.9 Å². The van der Waals surface area contributed by atoms with Crippen LogP contribution in [0.4, 0.5) is 5.00 Å². The maximum atomic E-state index is 12.6. The monoisotopic (exact) mass is 455 g/mol. The Hall–Kier alpha value is -2.83. The smallest absolute Gasteiger partial charge is 0.341 e. The van der Waals surface area contributed by atoms with Crippen molar-refractivity contribution in [2.45, 2.75) is 25.7 Å². The lowest BCUT2D eigenvalue weighted by molar-refractivity contribution is -0.118. The average molecular weight is 456 g/mol. The maximum Gasteiger partial charge on any atom is 0.341 e. The minimum atomic E-state index is -0.490. The SMILES string of the molecule is COC(=O)c1c(-c2ccc3c(c2)CCCC3)csc1NC(=O)COc1ccccc1Cl. The van der Waals surface area contributed by atoms with Crippen LogP contribution in [0.3, 0.4) is 0 Å². The predicted molar refractivity (Wildman–Crippen MR) is 123 cm³/mol. The number of halogens is 1. The molecule has 31 heavy (non-hydrogen) atoms. The highest BCUT2D eigenvalue weighted by atomic mass is 35.5. The van der Waals surface area contributed by atoms with E-state index in [-0.39, 0.29) is 12.5 Å². The minimum absolute atomic E-state index is 0.226. The minimum Gasteiger partial charge on any atom is -0.482 e. The maximum absolute atomic E-state index is 12.6. The molecule has 4 rings (SSSR count). The Morgan fingerprint density at radius 1 is 1.10 bits per heavy atom. The molecule has 0 fully saturated rings. The second-order valence-corrected chi connectivity index (χ2v) is 8.59. The van der Waals surface area contributed by atoms with E-state index in [2.05, 4.69) is 17.4 Å². The Bertz CT molecular complexity index is 1120. The van der Waals surface area contributed by atoms with Crippen LogP contribution in [-0.4, -0.2) is 25.6 Å². The summed E-state index contributed by atoms with van der Waals surface area (Å²) >= 11 is 7.35. The van der Waals surface area contributed by atoms with E-state index >= 15 is 0 Å². The molecule has 160 valence electrons. The molecule has 0 spiro atoms. The normalized spacial score (nSPS) is 12.7. The third kappa shape index (κ3) is 4.75. The van der Waals surface area contributed by atoms with Gasteiger partial charge in [0.25, 0.3) is 5.91 Å². The highest BCUT2D eigenvalue weighted by Gasteiger charge is 2.23. The molecule has 1 aliphatic carbocycles. The number of esters is 1. The van der Waals surface area contributed by atoms with Crippen molar-refractivity contribution in [3.63, 3.8) is 0 Å². The molecule has 0 unspecified atom stereocenters. The first-order chi connectivity index (χ1) is 15.1. The fourth-order valence-electron chi connectivity index (χ4n) is 3.74. The van der Waals surface area contributed by atoms with E-state index in [1.807, 2.05) is 11.4 Å². The van der Waals surface area contributed by atoms with Gasteiger partial charge in [0.1, 0.15) is 16.3 Å². The molecular formula is C24H22ClNO4S. The first kappa shape index (κ1) is 21.4. The van der Waals surface area contributed by atoms with Crippen molar-refractivity contribution in [2.75, 3.05) is 19.0 Å². The Morgan fingerprint density at radius 2 is 1.87 bits per heavy atom. The molecule has 2 aromatic carbocycles. The summed E-state index contributed by atoms with van der Waals surface area (Å²) in [6, 6.07) is 13.3. The number of amides is 1. The van der Waals surface area contributed by atoms with Crippen molar-refractivity contribution in [1.82, 2.24) is 0 Å². The van der Waals surface area contributed by atoms with E-state index < -0.39 is 5.97 Å². The number of nitrogens with one attached hydrogen (secondary N) is 1. The van der Waals surface area contributed by atoms with Gasteiger partial charge < -0.3 is 14.8 Å². The van der Waals surface area contributed by atoms with Gasteiger partial charge in [-0.2, -0.15) is 0 Å². The first-order valence-corrected chi connectivity index (χ1v) is 11.3. The summed E-state index contributed by atoms with van der Waals surface area (Å²) in [6.45, 7) is -0.226. The Labute approximate surface area is 190 Å². The van der Waals surface area contributed by atoms with Crippen LogP contribution >= 0.6 is 22.9 Å². The fourth-order valence-corrected chi connectivity index (χ4v) is 4.90. The van der Waals surface area contributed by atoms with E-state index in [1.165, 1.54) is 42.4 Å². The highest BCUT2D eigenvalue weighted by molar-refractivity contribution is 7.15. The van der Waals surface area contributed by atoms with Gasteiger partial charge in [0.2, 0.25) is 0 Å². The second kappa shape index (κ2) is 9.54. The molecule has 0 saturated carbocycles. The van der Waals surface area contributed by atoms with Crippen LogP contribution in [0, 0.1) is 0 Å². The quantitative estimate of drug-likeness (QED) is 0.480. The molecule has 1 aromatic heterocycles. The number of anilines is 1. The van der Waals surface area contributed by atoms with Crippen LogP contribution < -0.4 is 10.1 Å². The van der Waals surface area contributed by atoms with Crippen molar-refractivity contribution in [3.8, 4) is 16.9 Å². The van der Waals surface area contributed by atoms with Gasteiger partial charge >= 0.3 is 5.97 Å². The lowest BCUT2D eigenvalue weighted by atomic mass is 9.89. The number of aryl methyl sites for hydroxylation is 2. The average Bonchev–Trinajstić information content (AvgIpc) is 3.21. The topological polar surface area (TPSA) is 64.6 Å². The molecule has 1 aliphatic rings. The number of fused-ring (bicyclic) bond motifs is 1. The Kier molecular flexibility index (Phi) is 6.59. The van der Waals surface area contributed by atoms with Crippen LogP contribution in [0.1, 0.15) is 34.3 Å². The van der Waals surface area contributed by atoms with Gasteiger partial charge in [0, 0.05) is 10.9 Å². The number of benzene rings is 2. The van der Waals surface area contributed by atoms with E-state index in [1.54, 1.807) is 24.3 Å². The van der Waals surface area contributed by atoms with Gasteiger partial charge in [-0.25, -0.2) is 4.79 Å². The molecule has 5 nitrogen and oxygen atoms in total. The molecule has 0 atom stereocenters. The lowest BCUT2D eigenvalue weighted by Gasteiger charge is -2.16. The number of carbonyl (C=O) groups excluding carboxylic acids is 2. The van der Waals surface area contributed by atoms with E-state index in [4.69, 9.17) is 21.1 Å². The van der Waals surface area contributed by atoms with Crippen LogP contribution in [-0.2, 0) is 22.4 Å². The summed E-state index contributed by atoms with van der Waals surface area (Å²) in [5.41, 5.74) is 4.76. The molecule has 7 heteroatoms. The lowest BCUT2D eigenvalue weighted by Crippen LogP contribution is -2.21. The number of hydrogen-bond donors (Lipinski definition) is 1. The van der Waals surface area contributed by atoms with Crippen LogP contribution in [0.15, 0.2) is 47.8 Å². The summed E-state index contributed by atoms with van der Waals surface area (Å²) in [6.07, 6.45) is 4.53. The molecule has 1 N–H and O–H groups in total. The van der Waals surface area contributed by atoms with Crippen molar-refractivity contribution in [2.24, 2.45) is 0 Å². The van der Waals surface area contributed by atoms with E-state index in [0.717, 1.165) is 24.0 Å². The zero-order valence-corrected chi connectivity index (χ0v) is 18.6. The summed E-state index contributed by atoms with van der Waals surface area (Å²) in [4.78, 5) is 25.0. The summed E-state index contributed by atoms with van der Waals surface area (Å²) in [5.74, 6) is -0.450. The predicted octanol–water partition coefficient (Wildman–Crippen LogP) is 5.75. The van der Waals surface area contributed by atoms with Gasteiger partial charge in [0.05, 0.1) is 12.1 Å². The van der Waals surface area contributed by atoms with Crippen molar-refractivity contribution >= 4 is 39.8 Å². The van der Waals surface area contributed by atoms with E-state index in [9.17, 15) is 9.59 Å². The molecule has 0 saturated heterocycles. The van der Waals surface area contributed by atoms with Crippen LogP contribution in [0.5, 0.6) is 5.75 Å². The zero-order chi connectivity index (χ0) is 21.8. The third-order valence-corrected chi connectivity index (χ3v) is 6.50. The number of hydrogen-bond acceptors (Lipinski definition) is 5. The molecular weight excluding hydrogens is 434 g/mol. The van der Waals surface area contributed by atoms with Crippen molar-refractivity contribution < 1.29 is 19.1 Å². The molecule has 0 aliphatic heterocycles. The van der Waals surface area contributed by atoms with Crippen molar-refractivity contribution in [3.05, 3.63) is 69.6 Å². The largest absolute Gasteiger partial charge is 0.482 e. The molecule has 1 heterocycles. The number of carbonyl (C=O) groups is 2. The van der Waals surface area contributed by atoms with Gasteiger partial charge in [-0.3, -0.25) is 4.79 Å². The Morgan fingerprint density at radius 3 is 2.65 bits per heavy atom. The zero-order valence-electron chi connectivity index (χ0n) is 17.1. The number of para-hydroxylation sites is 1. The van der Waals surface area contributed by atoms with Crippen LogP contribution in [0.2, 0.25) is 5.02 Å². The third-order valence-electron chi connectivity index (χ3n) is 5.29. The molecule has 3 aromatic rings. The van der Waals surface area contributed by atoms with Gasteiger partial charge in [0.15, 0.2) is 6.61 Å². The molecule has 1 amide bonds. The summed E-state index contributed by atoms with van der Waals surface area (Å²) < 4.78 is 10.5. The van der Waals surface area contributed by atoms with Gasteiger partial charge in [-0.15, -0.1) is 11.3 Å². The number of methoxy groups -OCH3 is 1. The molecule has 0 radical (unpaired) electrons. The number of ether oxygens (including phenoxy) is 2. The molecule has 0 bridgehead atoms. The van der Waals surface area contributed by atoms with Crippen molar-refractivity contribution in [1.29, 1.82) is 0 Å². The van der Waals surface area contributed by atoms with Gasteiger partial charge in [-0.05, 0) is 54.5 Å². The first-order valence-electron chi connectivity index (χ1n) is 10.1. The number of thiophene rings is 1. The Balaban J connectivity index is 1.56. The highest BCUT2D eigenvalue weighted by Crippen LogP contribution is 2.37. The number of rotatable bonds is 6. The summed E-state index contributed by atoms with van der Waals surface area (Å²) in [7, 11) is 1.34. The fraction of sp³-hybridized carbons (Fsp3) is 0.250. The standard InChI is InChI=1S/C24H22ClNO4S/c1-29-24(28)22-18(17-11-10-15-6-2-3-7-16(15)12-17)14-31-23(22)26-21(27)13-30-20-9-5-4-8-19(20)25/h4-5,8-12,14H,2-3,6-7,13H2,1H3,(H,26,27). The van der Waals surface area contributed by atoms with Crippen LogP contribution in [0.25, 0.3) is 11.1 Å². The second-order valence-electron chi connectivity index (χ2n) is 7.30.